The summed E-state index contributed by atoms with van der Waals surface area (Å²) in [5.41, 5.74) is 5.23. The van der Waals surface area contributed by atoms with Crippen molar-refractivity contribution < 1.29 is 4.74 Å². The second-order valence-corrected chi connectivity index (χ2v) is 4.94. The number of anilines is 1. The summed E-state index contributed by atoms with van der Waals surface area (Å²) in [4.78, 5) is 4.21. The summed E-state index contributed by atoms with van der Waals surface area (Å²) in [5.74, 6) is 0.652. The van der Waals surface area contributed by atoms with E-state index in [1.54, 1.807) is 7.11 Å². The minimum Gasteiger partial charge on any atom is -0.481 e. The van der Waals surface area contributed by atoms with E-state index in [9.17, 15) is 0 Å². The van der Waals surface area contributed by atoms with Gasteiger partial charge in [-0.2, -0.15) is 0 Å². The first-order chi connectivity index (χ1) is 9.86. The Morgan fingerprint density at radius 2 is 2.20 bits per heavy atom. The molecular weight excluding hydrogens is 250 g/mol. The molecule has 0 atom stereocenters. The van der Waals surface area contributed by atoms with Gasteiger partial charge in [-0.05, 0) is 23.1 Å². The summed E-state index contributed by atoms with van der Waals surface area (Å²) in [6.07, 6.45) is 2.98. The molecule has 2 heterocycles. The third-order valence-electron chi connectivity index (χ3n) is 3.58. The molecule has 0 spiro atoms. The van der Waals surface area contributed by atoms with E-state index in [0.717, 1.165) is 31.6 Å². The van der Waals surface area contributed by atoms with Gasteiger partial charge in [-0.1, -0.05) is 24.3 Å². The molecule has 104 valence electrons. The topological polar surface area (TPSA) is 46.2 Å². The molecule has 1 aliphatic rings. The Morgan fingerprint density at radius 3 is 3.00 bits per heavy atom. The van der Waals surface area contributed by atoms with Gasteiger partial charge in [0.05, 0.1) is 7.11 Å². The number of nitrogens with one attached hydrogen (secondary N) is 2. The van der Waals surface area contributed by atoms with Gasteiger partial charge in [0.25, 0.3) is 0 Å². The number of aromatic nitrogens is 1. The van der Waals surface area contributed by atoms with Gasteiger partial charge < -0.3 is 15.4 Å². The number of nitrogens with zero attached hydrogens (tertiary/aromatic N) is 1. The van der Waals surface area contributed by atoms with Crippen molar-refractivity contribution in [1.82, 2.24) is 10.3 Å². The van der Waals surface area contributed by atoms with Crippen molar-refractivity contribution in [3.63, 3.8) is 0 Å². The van der Waals surface area contributed by atoms with Crippen LogP contribution in [0.15, 0.2) is 36.5 Å². The summed E-state index contributed by atoms with van der Waals surface area (Å²) in [6, 6.07) is 10.4. The number of methoxy groups -OCH3 is 1. The summed E-state index contributed by atoms with van der Waals surface area (Å²) < 4.78 is 5.05. The number of rotatable bonds is 5. The standard InChI is InChI=1S/C16H19N3O/c1-20-15-6-5-12(10-19-15)9-17-11-14-4-2-3-13-7-8-18-16(13)14/h2-6,10,17-18H,7-9,11H2,1H3. The molecular formula is C16H19N3O. The van der Waals surface area contributed by atoms with E-state index in [0.29, 0.717) is 5.88 Å². The van der Waals surface area contributed by atoms with Crippen molar-refractivity contribution in [2.45, 2.75) is 19.5 Å². The van der Waals surface area contributed by atoms with Crippen LogP contribution in [0.1, 0.15) is 16.7 Å². The maximum Gasteiger partial charge on any atom is 0.212 e. The minimum absolute atomic E-state index is 0.652. The fourth-order valence-corrected chi connectivity index (χ4v) is 2.54. The first-order valence-electron chi connectivity index (χ1n) is 6.91. The van der Waals surface area contributed by atoms with Gasteiger partial charge in [-0.25, -0.2) is 4.98 Å². The van der Waals surface area contributed by atoms with Gasteiger partial charge in [-0.15, -0.1) is 0 Å². The monoisotopic (exact) mass is 269 g/mol. The van der Waals surface area contributed by atoms with Crippen molar-refractivity contribution >= 4 is 5.69 Å². The molecule has 0 radical (unpaired) electrons. The van der Waals surface area contributed by atoms with Crippen LogP contribution in [0.2, 0.25) is 0 Å². The highest BCUT2D eigenvalue weighted by molar-refractivity contribution is 5.61. The molecule has 0 saturated heterocycles. The lowest BCUT2D eigenvalue weighted by molar-refractivity contribution is 0.397. The van der Waals surface area contributed by atoms with E-state index in [1.807, 2.05) is 18.3 Å². The second kappa shape index (κ2) is 5.92. The Hall–Kier alpha value is -2.07. The largest absolute Gasteiger partial charge is 0.481 e. The van der Waals surface area contributed by atoms with Crippen LogP contribution in [-0.4, -0.2) is 18.6 Å². The number of hydrogen-bond acceptors (Lipinski definition) is 4. The van der Waals surface area contributed by atoms with Crippen molar-refractivity contribution in [3.8, 4) is 5.88 Å². The summed E-state index contributed by atoms with van der Waals surface area (Å²) in [6.45, 7) is 2.72. The molecule has 0 amide bonds. The zero-order valence-electron chi connectivity index (χ0n) is 11.6. The Morgan fingerprint density at radius 1 is 1.25 bits per heavy atom. The van der Waals surface area contributed by atoms with Crippen molar-refractivity contribution in [3.05, 3.63) is 53.2 Å². The highest BCUT2D eigenvalue weighted by Crippen LogP contribution is 2.26. The van der Waals surface area contributed by atoms with Crippen molar-refractivity contribution in [2.24, 2.45) is 0 Å². The second-order valence-electron chi connectivity index (χ2n) is 4.94. The van der Waals surface area contributed by atoms with Crippen LogP contribution < -0.4 is 15.4 Å². The third kappa shape index (κ3) is 2.75. The number of fused-ring (bicyclic) bond motifs is 1. The molecule has 0 bridgehead atoms. The normalized spacial score (nSPS) is 12.8. The zero-order chi connectivity index (χ0) is 13.8. The molecule has 0 saturated carbocycles. The maximum absolute atomic E-state index is 5.05. The van der Waals surface area contributed by atoms with Crippen LogP contribution in [0.5, 0.6) is 5.88 Å². The van der Waals surface area contributed by atoms with Crippen LogP contribution in [0.4, 0.5) is 5.69 Å². The number of pyridine rings is 1. The van der Waals surface area contributed by atoms with Gasteiger partial charge in [0.2, 0.25) is 5.88 Å². The van der Waals surface area contributed by atoms with E-state index in [4.69, 9.17) is 4.74 Å². The predicted octanol–water partition coefficient (Wildman–Crippen LogP) is 2.35. The lowest BCUT2D eigenvalue weighted by Crippen LogP contribution is -2.14. The van der Waals surface area contributed by atoms with Crippen LogP contribution >= 0.6 is 0 Å². The molecule has 0 unspecified atom stereocenters. The zero-order valence-corrected chi connectivity index (χ0v) is 11.6. The van der Waals surface area contributed by atoms with E-state index < -0.39 is 0 Å². The van der Waals surface area contributed by atoms with E-state index in [-0.39, 0.29) is 0 Å². The molecule has 3 rings (SSSR count). The van der Waals surface area contributed by atoms with E-state index >= 15 is 0 Å². The molecule has 0 aliphatic carbocycles. The number of ether oxygens (including phenoxy) is 1. The molecule has 1 aromatic heterocycles. The van der Waals surface area contributed by atoms with Gasteiger partial charge in [0.15, 0.2) is 0 Å². The lowest BCUT2D eigenvalue weighted by Gasteiger charge is -2.10. The Kier molecular flexibility index (Phi) is 3.83. The first-order valence-corrected chi connectivity index (χ1v) is 6.91. The van der Waals surface area contributed by atoms with E-state index in [1.165, 1.54) is 16.8 Å². The fourth-order valence-electron chi connectivity index (χ4n) is 2.54. The molecule has 20 heavy (non-hydrogen) atoms. The van der Waals surface area contributed by atoms with Crippen LogP contribution in [-0.2, 0) is 19.5 Å². The highest BCUT2D eigenvalue weighted by atomic mass is 16.5. The molecule has 4 heteroatoms. The van der Waals surface area contributed by atoms with Crippen LogP contribution in [0, 0.1) is 0 Å². The predicted molar refractivity (Wildman–Crippen MR) is 80.0 cm³/mol. The average molecular weight is 269 g/mol. The molecule has 1 aliphatic heterocycles. The summed E-state index contributed by atoms with van der Waals surface area (Å²) in [5, 5.41) is 6.93. The van der Waals surface area contributed by atoms with Gasteiger partial charge in [0.1, 0.15) is 0 Å². The van der Waals surface area contributed by atoms with Gasteiger partial charge in [0, 0.05) is 37.6 Å². The van der Waals surface area contributed by atoms with Crippen LogP contribution in [0.25, 0.3) is 0 Å². The van der Waals surface area contributed by atoms with Crippen LogP contribution in [0.3, 0.4) is 0 Å². The fraction of sp³-hybridized carbons (Fsp3) is 0.312. The molecule has 0 fully saturated rings. The Balaban J connectivity index is 1.58. The Bertz CT molecular complexity index is 581. The first kappa shape index (κ1) is 12.9. The van der Waals surface area contributed by atoms with Gasteiger partial charge >= 0.3 is 0 Å². The number of hydrogen-bond donors (Lipinski definition) is 2. The highest BCUT2D eigenvalue weighted by Gasteiger charge is 2.12. The summed E-state index contributed by atoms with van der Waals surface area (Å²) in [7, 11) is 1.63. The molecule has 4 nitrogen and oxygen atoms in total. The quantitative estimate of drug-likeness (QED) is 0.874. The maximum atomic E-state index is 5.05. The lowest BCUT2D eigenvalue weighted by atomic mass is 10.1. The molecule has 1 aromatic carbocycles. The minimum atomic E-state index is 0.652. The molecule has 2 N–H and O–H groups in total. The number of benzene rings is 1. The van der Waals surface area contributed by atoms with E-state index in [2.05, 4.69) is 33.8 Å². The van der Waals surface area contributed by atoms with Gasteiger partial charge in [-0.3, -0.25) is 0 Å². The SMILES string of the molecule is COc1ccc(CNCc2cccc3c2NCC3)cn1. The van der Waals surface area contributed by atoms with Crippen molar-refractivity contribution in [2.75, 3.05) is 19.0 Å². The third-order valence-corrected chi connectivity index (χ3v) is 3.58. The number of para-hydroxylation sites is 1. The molecule has 2 aromatic rings. The summed E-state index contributed by atoms with van der Waals surface area (Å²) >= 11 is 0. The Labute approximate surface area is 119 Å². The van der Waals surface area contributed by atoms with Crippen molar-refractivity contribution in [1.29, 1.82) is 0 Å². The average Bonchev–Trinajstić information content (AvgIpc) is 2.97. The smallest absolute Gasteiger partial charge is 0.212 e.